The van der Waals surface area contributed by atoms with Gasteiger partial charge in [0.25, 0.3) is 10.0 Å². The summed E-state index contributed by atoms with van der Waals surface area (Å²) in [7, 11) is -2.74. The summed E-state index contributed by atoms with van der Waals surface area (Å²) >= 11 is 0. The van der Waals surface area contributed by atoms with E-state index in [9.17, 15) is 18.0 Å². The van der Waals surface area contributed by atoms with Gasteiger partial charge in [-0.25, -0.2) is 12.8 Å². The van der Waals surface area contributed by atoms with Crippen LogP contribution in [0.25, 0.3) is 0 Å². The van der Waals surface area contributed by atoms with Gasteiger partial charge in [0.1, 0.15) is 24.2 Å². The Morgan fingerprint density at radius 3 is 2.11 bits per heavy atom. The summed E-state index contributed by atoms with van der Waals surface area (Å²) in [6.45, 7) is -0.858. The smallest absolute Gasteiger partial charge is 0.264 e. The molecule has 2 amide bonds. The number of sulfonamides is 1. The molecule has 0 bridgehead atoms. The third-order valence-electron chi connectivity index (χ3n) is 8.49. The van der Waals surface area contributed by atoms with Crippen LogP contribution in [0.3, 0.4) is 0 Å². The predicted octanol–water partition coefficient (Wildman–Crippen LogP) is 6.12. The fourth-order valence-electron chi connectivity index (χ4n) is 5.91. The maximum atomic E-state index is 15.1. The van der Waals surface area contributed by atoms with Gasteiger partial charge in [-0.2, -0.15) is 0 Å². The molecule has 10 heteroatoms. The SMILES string of the molecule is COc1ccc(N(CC(=O)N(Cc2ccccc2F)C(Cc2ccccc2)C(=O)NC2CCCCC2)S(=O)(=O)c2ccccc2)cc1. The van der Waals surface area contributed by atoms with Gasteiger partial charge in [0.05, 0.1) is 17.7 Å². The third-order valence-corrected chi connectivity index (χ3v) is 10.3. The number of rotatable bonds is 13. The molecule has 1 fully saturated rings. The molecule has 4 aromatic carbocycles. The van der Waals surface area contributed by atoms with Crippen molar-refractivity contribution in [3.63, 3.8) is 0 Å². The van der Waals surface area contributed by atoms with Gasteiger partial charge in [-0.05, 0) is 60.9 Å². The van der Waals surface area contributed by atoms with Crippen LogP contribution in [-0.2, 0) is 32.6 Å². The second-order valence-corrected chi connectivity index (χ2v) is 13.5. The minimum absolute atomic E-state index is 0.000138. The van der Waals surface area contributed by atoms with Crippen molar-refractivity contribution in [1.82, 2.24) is 10.2 Å². The molecule has 0 aliphatic heterocycles. The summed E-state index contributed by atoms with van der Waals surface area (Å²) in [6, 6.07) is 28.5. The zero-order valence-corrected chi connectivity index (χ0v) is 27.2. The standard InChI is InChI=1S/C37H40FN3O5S/c1-46-32-23-21-31(22-24-32)41(47(44,45)33-18-9-4-10-19-33)27-36(42)40(26-29-15-11-12-20-34(29)38)35(25-28-13-5-2-6-14-28)37(43)39-30-16-7-3-8-17-30/h2,4-6,9-15,18-24,30,35H,3,7-8,16-17,25-27H2,1H3,(H,39,43). The summed E-state index contributed by atoms with van der Waals surface area (Å²) in [5, 5.41) is 3.16. The summed E-state index contributed by atoms with van der Waals surface area (Å²) in [6.07, 6.45) is 4.94. The molecule has 0 radical (unpaired) electrons. The molecule has 1 aliphatic carbocycles. The molecule has 0 heterocycles. The van der Waals surface area contributed by atoms with E-state index < -0.39 is 34.3 Å². The first-order valence-corrected chi connectivity index (χ1v) is 17.3. The fourth-order valence-corrected chi connectivity index (χ4v) is 7.34. The van der Waals surface area contributed by atoms with Crippen molar-refractivity contribution in [3.8, 4) is 5.75 Å². The summed E-state index contributed by atoms with van der Waals surface area (Å²) in [5.41, 5.74) is 1.26. The highest BCUT2D eigenvalue weighted by atomic mass is 32.2. The van der Waals surface area contributed by atoms with Crippen molar-refractivity contribution >= 4 is 27.5 Å². The molecule has 1 saturated carbocycles. The van der Waals surface area contributed by atoms with E-state index in [0.717, 1.165) is 42.0 Å². The van der Waals surface area contributed by atoms with Crippen LogP contribution in [0, 0.1) is 5.82 Å². The van der Waals surface area contributed by atoms with Crippen molar-refractivity contribution in [2.75, 3.05) is 18.0 Å². The van der Waals surface area contributed by atoms with Crippen LogP contribution >= 0.6 is 0 Å². The van der Waals surface area contributed by atoms with Gasteiger partial charge >= 0.3 is 0 Å². The second-order valence-electron chi connectivity index (χ2n) is 11.7. The summed E-state index contributed by atoms with van der Waals surface area (Å²) in [5.74, 6) is -1.02. The molecule has 0 aromatic heterocycles. The molecule has 1 unspecified atom stereocenters. The topological polar surface area (TPSA) is 96.0 Å². The monoisotopic (exact) mass is 657 g/mol. The molecular weight excluding hydrogens is 617 g/mol. The van der Waals surface area contributed by atoms with E-state index >= 15 is 4.39 Å². The number of ether oxygens (including phenoxy) is 1. The lowest BCUT2D eigenvalue weighted by atomic mass is 9.94. The molecule has 1 atom stereocenters. The Hall–Kier alpha value is -4.70. The first kappa shape index (κ1) is 33.7. The molecule has 0 spiro atoms. The molecule has 1 N–H and O–H groups in total. The Morgan fingerprint density at radius 2 is 1.47 bits per heavy atom. The normalized spacial score (nSPS) is 14.2. The fraction of sp³-hybridized carbons (Fsp3) is 0.297. The second kappa shape index (κ2) is 15.7. The van der Waals surface area contributed by atoms with E-state index in [2.05, 4.69) is 5.32 Å². The van der Waals surface area contributed by atoms with Gasteiger partial charge in [-0.1, -0.05) is 86.0 Å². The predicted molar refractivity (Wildman–Crippen MR) is 180 cm³/mol. The minimum atomic E-state index is -4.24. The lowest BCUT2D eigenvalue weighted by Gasteiger charge is -2.35. The van der Waals surface area contributed by atoms with Crippen LogP contribution in [0.1, 0.15) is 43.2 Å². The maximum absolute atomic E-state index is 15.1. The Bertz CT molecular complexity index is 1730. The molecule has 47 heavy (non-hydrogen) atoms. The van der Waals surface area contributed by atoms with Gasteiger partial charge in [-0.15, -0.1) is 0 Å². The van der Waals surface area contributed by atoms with E-state index in [-0.39, 0.29) is 41.1 Å². The minimum Gasteiger partial charge on any atom is -0.497 e. The van der Waals surface area contributed by atoms with Crippen LogP contribution in [0.5, 0.6) is 5.75 Å². The molecule has 1 aliphatic rings. The summed E-state index contributed by atoms with van der Waals surface area (Å²) < 4.78 is 49.6. The maximum Gasteiger partial charge on any atom is 0.264 e. The molecule has 4 aromatic rings. The number of benzene rings is 4. The highest BCUT2D eigenvalue weighted by Crippen LogP contribution is 2.27. The van der Waals surface area contributed by atoms with Crippen LogP contribution in [0.2, 0.25) is 0 Å². The highest BCUT2D eigenvalue weighted by Gasteiger charge is 2.35. The van der Waals surface area contributed by atoms with Crippen LogP contribution < -0.4 is 14.4 Å². The Balaban J connectivity index is 1.56. The number of halogens is 1. The van der Waals surface area contributed by atoms with Gasteiger partial charge in [0, 0.05) is 24.6 Å². The van der Waals surface area contributed by atoms with E-state index in [1.807, 2.05) is 30.3 Å². The molecule has 5 rings (SSSR count). The van der Waals surface area contributed by atoms with Crippen LogP contribution in [0.4, 0.5) is 10.1 Å². The van der Waals surface area contributed by atoms with Gasteiger partial charge in [-0.3, -0.25) is 13.9 Å². The zero-order chi connectivity index (χ0) is 33.2. The van der Waals surface area contributed by atoms with Crippen molar-refractivity contribution in [2.24, 2.45) is 0 Å². The van der Waals surface area contributed by atoms with Crippen molar-refractivity contribution in [3.05, 3.63) is 126 Å². The van der Waals surface area contributed by atoms with E-state index in [1.165, 1.54) is 30.2 Å². The first-order valence-electron chi connectivity index (χ1n) is 15.9. The number of carbonyl (C=O) groups excluding carboxylic acids is 2. The molecule has 0 saturated heterocycles. The molecule has 246 valence electrons. The molecular formula is C37H40FN3O5S. The lowest BCUT2D eigenvalue weighted by Crippen LogP contribution is -2.55. The average Bonchev–Trinajstić information content (AvgIpc) is 3.10. The number of hydrogen-bond donors (Lipinski definition) is 1. The van der Waals surface area contributed by atoms with Gasteiger partial charge < -0.3 is 15.0 Å². The number of methoxy groups -OCH3 is 1. The highest BCUT2D eigenvalue weighted by molar-refractivity contribution is 7.92. The molecule has 8 nitrogen and oxygen atoms in total. The first-order chi connectivity index (χ1) is 22.8. The van der Waals surface area contributed by atoms with Crippen LogP contribution in [0.15, 0.2) is 114 Å². The lowest BCUT2D eigenvalue weighted by molar-refractivity contribution is -0.140. The largest absolute Gasteiger partial charge is 0.497 e. The number of hydrogen-bond acceptors (Lipinski definition) is 5. The number of anilines is 1. The number of carbonyl (C=O) groups is 2. The van der Waals surface area contributed by atoms with Crippen LogP contribution in [-0.4, -0.2) is 50.9 Å². The third kappa shape index (κ3) is 8.56. The summed E-state index contributed by atoms with van der Waals surface area (Å²) in [4.78, 5) is 30.0. The number of amides is 2. The Labute approximate surface area is 276 Å². The number of nitrogens with one attached hydrogen (secondary N) is 1. The quantitative estimate of drug-likeness (QED) is 0.187. The van der Waals surface area contributed by atoms with Crippen molar-refractivity contribution in [1.29, 1.82) is 0 Å². The van der Waals surface area contributed by atoms with Gasteiger partial charge in [0.15, 0.2) is 0 Å². The van der Waals surface area contributed by atoms with Crippen molar-refractivity contribution in [2.45, 2.75) is 62.0 Å². The Kier molecular flexibility index (Phi) is 11.3. The van der Waals surface area contributed by atoms with Gasteiger partial charge in [0.2, 0.25) is 11.8 Å². The average molecular weight is 658 g/mol. The van der Waals surface area contributed by atoms with Crippen molar-refractivity contribution < 1.29 is 27.1 Å². The van der Waals surface area contributed by atoms with E-state index in [4.69, 9.17) is 4.74 Å². The number of nitrogens with zero attached hydrogens (tertiary/aromatic N) is 2. The van der Waals surface area contributed by atoms with E-state index in [0.29, 0.717) is 5.75 Å². The van der Waals surface area contributed by atoms with E-state index in [1.54, 1.807) is 60.7 Å². The zero-order valence-electron chi connectivity index (χ0n) is 26.4. The Morgan fingerprint density at radius 1 is 0.851 bits per heavy atom.